The first-order chi connectivity index (χ1) is 23.8. The van der Waals surface area contributed by atoms with Crippen LogP contribution < -0.4 is 9.80 Å². The van der Waals surface area contributed by atoms with E-state index in [2.05, 4.69) is 29.2 Å². The van der Waals surface area contributed by atoms with Gasteiger partial charge in [0, 0.05) is 57.7 Å². The van der Waals surface area contributed by atoms with Gasteiger partial charge >= 0.3 is 11.9 Å². The third-order valence-corrected chi connectivity index (χ3v) is 8.87. The van der Waals surface area contributed by atoms with Gasteiger partial charge in [0.1, 0.15) is 23.3 Å². The molecule has 9 heteroatoms. The predicted molar refractivity (Wildman–Crippen MR) is 194 cm³/mol. The van der Waals surface area contributed by atoms with Crippen LogP contribution in [0.15, 0.2) is 132 Å². The number of para-hydroxylation sites is 2. The van der Waals surface area contributed by atoms with E-state index in [9.17, 15) is 20.1 Å². The molecule has 242 valence electrons. The Balaban J connectivity index is 1.65. The number of methoxy groups -OCH3 is 2. The van der Waals surface area contributed by atoms with Crippen molar-refractivity contribution in [2.75, 3.05) is 38.1 Å². The van der Waals surface area contributed by atoms with Crippen LogP contribution in [0, 0.1) is 22.7 Å². The molecule has 0 N–H and O–H groups in total. The highest BCUT2D eigenvalue weighted by Crippen LogP contribution is 2.43. The zero-order valence-electron chi connectivity index (χ0n) is 27.4. The highest BCUT2D eigenvalue weighted by atomic mass is 32.1. The second-order valence-electron chi connectivity index (χ2n) is 10.9. The van der Waals surface area contributed by atoms with Crippen LogP contribution in [0.2, 0.25) is 0 Å². The summed E-state index contributed by atoms with van der Waals surface area (Å²) in [5.41, 5.74) is 4.68. The van der Waals surface area contributed by atoms with Crippen molar-refractivity contribution in [3.63, 3.8) is 0 Å². The molecule has 0 amide bonds. The molecule has 0 saturated carbocycles. The summed E-state index contributed by atoms with van der Waals surface area (Å²) < 4.78 is 9.97. The average Bonchev–Trinajstić information content (AvgIpc) is 3.64. The number of nitrogens with zero attached hydrogens (tertiary/aromatic N) is 4. The van der Waals surface area contributed by atoms with Crippen molar-refractivity contribution in [1.29, 1.82) is 10.5 Å². The first-order valence-corrected chi connectivity index (χ1v) is 16.0. The Morgan fingerprint density at radius 2 is 1.06 bits per heavy atom. The van der Waals surface area contributed by atoms with Crippen LogP contribution in [-0.4, -0.2) is 40.3 Å². The lowest BCUT2D eigenvalue weighted by molar-refractivity contribution is -0.136. The maximum atomic E-state index is 13.1. The van der Waals surface area contributed by atoms with Crippen molar-refractivity contribution in [2.24, 2.45) is 0 Å². The van der Waals surface area contributed by atoms with E-state index in [1.807, 2.05) is 110 Å². The molecule has 0 fully saturated rings. The van der Waals surface area contributed by atoms with Gasteiger partial charge in [-0.15, -0.1) is 11.3 Å². The SMILES string of the molecule is COC(=O)/C(C#N)=C(/C(=C(\C#N)C(=O)OC)c1ccc(N(C)C)cc1)c1ccc(-c2ccc(N(c3ccccc3)c3ccccc3)cc2)s1. The van der Waals surface area contributed by atoms with Crippen molar-refractivity contribution in [2.45, 2.75) is 0 Å². The first-order valence-electron chi connectivity index (χ1n) is 15.2. The van der Waals surface area contributed by atoms with E-state index in [4.69, 9.17) is 9.47 Å². The number of hydrogen-bond donors (Lipinski definition) is 0. The van der Waals surface area contributed by atoms with Crippen LogP contribution in [0.25, 0.3) is 21.6 Å². The summed E-state index contributed by atoms with van der Waals surface area (Å²) in [6.45, 7) is 0. The van der Waals surface area contributed by atoms with Crippen molar-refractivity contribution in [1.82, 2.24) is 0 Å². The molecule has 0 saturated heterocycles. The van der Waals surface area contributed by atoms with Gasteiger partial charge in [-0.05, 0) is 71.8 Å². The molecule has 49 heavy (non-hydrogen) atoms. The van der Waals surface area contributed by atoms with E-state index in [1.54, 1.807) is 18.2 Å². The number of thiophene rings is 1. The van der Waals surface area contributed by atoms with Crippen LogP contribution in [0.3, 0.4) is 0 Å². The molecule has 5 aromatic rings. The molecule has 5 rings (SSSR count). The fourth-order valence-electron chi connectivity index (χ4n) is 5.33. The molecular formula is C40H32N4O4S. The molecule has 0 aliphatic heterocycles. The van der Waals surface area contributed by atoms with E-state index in [1.165, 1.54) is 25.6 Å². The molecular weight excluding hydrogens is 633 g/mol. The number of nitriles is 2. The van der Waals surface area contributed by atoms with Gasteiger partial charge in [-0.3, -0.25) is 0 Å². The number of carbonyl (C=O) groups is 2. The van der Waals surface area contributed by atoms with Gasteiger partial charge in [0.15, 0.2) is 0 Å². The summed E-state index contributed by atoms with van der Waals surface area (Å²) in [5, 5.41) is 20.5. The Morgan fingerprint density at radius 3 is 1.53 bits per heavy atom. The zero-order valence-corrected chi connectivity index (χ0v) is 28.2. The van der Waals surface area contributed by atoms with Crippen LogP contribution in [0.4, 0.5) is 22.7 Å². The van der Waals surface area contributed by atoms with E-state index in [0.29, 0.717) is 10.4 Å². The number of hydrogen-bond acceptors (Lipinski definition) is 9. The van der Waals surface area contributed by atoms with E-state index < -0.39 is 11.9 Å². The highest BCUT2D eigenvalue weighted by molar-refractivity contribution is 7.16. The molecule has 1 heterocycles. The lowest BCUT2D eigenvalue weighted by atomic mass is 9.89. The summed E-state index contributed by atoms with van der Waals surface area (Å²) in [4.78, 5) is 31.5. The minimum atomic E-state index is -0.900. The van der Waals surface area contributed by atoms with Gasteiger partial charge in [-0.1, -0.05) is 60.7 Å². The second kappa shape index (κ2) is 15.4. The lowest BCUT2D eigenvalue weighted by Crippen LogP contribution is -2.12. The predicted octanol–water partition coefficient (Wildman–Crippen LogP) is 8.55. The summed E-state index contributed by atoms with van der Waals surface area (Å²) in [6, 6.07) is 42.9. The molecule has 0 aliphatic carbocycles. The largest absolute Gasteiger partial charge is 0.465 e. The number of allylic oxidation sites excluding steroid dienone is 2. The first kappa shape index (κ1) is 33.9. The van der Waals surface area contributed by atoms with Gasteiger partial charge in [-0.25, -0.2) is 9.59 Å². The third kappa shape index (κ3) is 7.28. The normalized spacial score (nSPS) is 11.6. The summed E-state index contributed by atoms with van der Waals surface area (Å²) >= 11 is 1.32. The Morgan fingerprint density at radius 1 is 0.592 bits per heavy atom. The van der Waals surface area contributed by atoms with Crippen molar-refractivity contribution < 1.29 is 19.1 Å². The summed E-state index contributed by atoms with van der Waals surface area (Å²) in [7, 11) is 6.12. The molecule has 0 spiro atoms. The highest BCUT2D eigenvalue weighted by Gasteiger charge is 2.29. The molecule has 0 radical (unpaired) electrons. The maximum Gasteiger partial charge on any atom is 0.349 e. The van der Waals surface area contributed by atoms with Crippen molar-refractivity contribution >= 4 is 57.2 Å². The van der Waals surface area contributed by atoms with Gasteiger partial charge in [-0.2, -0.15) is 10.5 Å². The van der Waals surface area contributed by atoms with Crippen LogP contribution in [-0.2, 0) is 19.1 Å². The topological polar surface area (TPSA) is 107 Å². The fraction of sp³-hybridized carbons (Fsp3) is 0.100. The van der Waals surface area contributed by atoms with Crippen LogP contribution in [0.1, 0.15) is 10.4 Å². The van der Waals surface area contributed by atoms with Crippen molar-refractivity contribution in [3.05, 3.63) is 143 Å². The number of carbonyl (C=O) groups excluding carboxylic acids is 2. The molecule has 1 aromatic heterocycles. The van der Waals surface area contributed by atoms with Crippen molar-refractivity contribution in [3.8, 4) is 22.6 Å². The van der Waals surface area contributed by atoms with Gasteiger partial charge in [0.2, 0.25) is 0 Å². The molecule has 0 unspecified atom stereocenters. The number of anilines is 4. The minimum absolute atomic E-state index is 0.0896. The molecule has 0 aliphatic rings. The van der Waals surface area contributed by atoms with E-state index in [-0.39, 0.29) is 22.3 Å². The number of ether oxygens (including phenoxy) is 2. The molecule has 4 aromatic carbocycles. The van der Waals surface area contributed by atoms with Gasteiger partial charge in [0.25, 0.3) is 0 Å². The third-order valence-electron chi connectivity index (χ3n) is 7.72. The monoisotopic (exact) mass is 664 g/mol. The standard InChI is InChI=1S/C40H32N4O4S/c1-43(2)29-19-17-28(18-20-29)37(33(25-41)39(45)47-3)38(34(26-42)40(46)48-4)36-24-23-35(49-36)27-15-21-32(22-16-27)44(30-11-7-5-8-12-30)31-13-9-6-10-14-31/h5-24H,1-4H3/b37-33+,38-34+. The fourth-order valence-corrected chi connectivity index (χ4v) is 6.40. The summed E-state index contributed by atoms with van der Waals surface area (Å²) in [5.74, 6) is -1.80. The molecule has 8 nitrogen and oxygen atoms in total. The second-order valence-corrected chi connectivity index (χ2v) is 11.9. The van der Waals surface area contributed by atoms with E-state index in [0.717, 1.165) is 33.2 Å². The Labute approximate surface area is 289 Å². The quantitative estimate of drug-likeness (QED) is 0.0633. The summed E-state index contributed by atoms with van der Waals surface area (Å²) in [6.07, 6.45) is 0. The Hall–Kier alpha value is -6.42. The average molecular weight is 665 g/mol. The molecule has 0 bridgehead atoms. The maximum absolute atomic E-state index is 13.1. The Kier molecular flexibility index (Phi) is 10.7. The minimum Gasteiger partial charge on any atom is -0.465 e. The van der Waals surface area contributed by atoms with Gasteiger partial charge < -0.3 is 19.3 Å². The van der Waals surface area contributed by atoms with Crippen LogP contribution >= 0.6 is 11.3 Å². The number of rotatable bonds is 10. The zero-order chi connectivity index (χ0) is 34.9. The van der Waals surface area contributed by atoms with Gasteiger partial charge in [0.05, 0.1) is 14.2 Å². The smallest absolute Gasteiger partial charge is 0.349 e. The number of benzene rings is 4. The van der Waals surface area contributed by atoms with Crippen LogP contribution in [0.5, 0.6) is 0 Å². The van der Waals surface area contributed by atoms with E-state index >= 15 is 0 Å². The Bertz CT molecular complexity index is 2060. The molecule has 0 atom stereocenters. The lowest BCUT2D eigenvalue weighted by Gasteiger charge is -2.25. The number of esters is 2.